The summed E-state index contributed by atoms with van der Waals surface area (Å²) in [5.41, 5.74) is 1.51. The lowest BCUT2D eigenvalue weighted by Gasteiger charge is -2.09. The van der Waals surface area contributed by atoms with E-state index in [4.69, 9.17) is 5.26 Å². The maximum atomic E-state index is 8.32. The molecule has 0 radical (unpaired) electrons. The predicted molar refractivity (Wildman–Crippen MR) is 41.4 cm³/mol. The second-order valence-corrected chi connectivity index (χ2v) is 2.77. The van der Waals surface area contributed by atoms with E-state index in [-0.39, 0.29) is 0 Å². The molecule has 0 aliphatic heterocycles. The molecule has 0 amide bonds. The smallest absolute Gasteiger partial charge is 0.0625 e. The molecular weight excluding hydrogens is 122 g/mol. The molecule has 0 bridgehead atoms. The van der Waals surface area contributed by atoms with Crippen molar-refractivity contribution < 1.29 is 0 Å². The number of rotatable bonds is 2. The van der Waals surface area contributed by atoms with Crippen LogP contribution in [-0.2, 0) is 0 Å². The highest BCUT2D eigenvalue weighted by Crippen LogP contribution is 2.20. The van der Waals surface area contributed by atoms with E-state index in [2.05, 4.69) is 12.1 Å². The van der Waals surface area contributed by atoms with Crippen molar-refractivity contribution in [2.45, 2.75) is 38.5 Å². The van der Waals surface area contributed by atoms with E-state index in [1.165, 1.54) is 31.3 Å². The quantitative estimate of drug-likeness (QED) is 0.534. The first kappa shape index (κ1) is 7.34. The Balaban J connectivity index is 2.26. The molecule has 0 N–H and O–H groups in total. The van der Waals surface area contributed by atoms with Crippen LogP contribution in [0.15, 0.2) is 11.6 Å². The average molecular weight is 135 g/mol. The highest BCUT2D eigenvalue weighted by atomic mass is 14.2. The molecule has 0 atom stereocenters. The van der Waals surface area contributed by atoms with E-state index in [0.717, 1.165) is 6.42 Å². The fraction of sp³-hybridized carbons (Fsp3) is 0.667. The maximum Gasteiger partial charge on any atom is 0.0625 e. The van der Waals surface area contributed by atoms with Gasteiger partial charge in [-0.25, -0.2) is 0 Å². The van der Waals surface area contributed by atoms with Crippen LogP contribution in [-0.4, -0.2) is 0 Å². The van der Waals surface area contributed by atoms with Gasteiger partial charge >= 0.3 is 0 Å². The zero-order valence-corrected chi connectivity index (χ0v) is 6.27. The number of allylic oxidation sites excluding steroid dienone is 2. The lowest BCUT2D eigenvalue weighted by atomic mass is 9.96. The van der Waals surface area contributed by atoms with E-state index in [9.17, 15) is 0 Å². The molecule has 10 heavy (non-hydrogen) atoms. The van der Waals surface area contributed by atoms with E-state index in [1.54, 1.807) is 0 Å². The van der Waals surface area contributed by atoms with Gasteiger partial charge in [0.2, 0.25) is 0 Å². The standard InChI is InChI=1S/C9H13N/c10-8-4-7-9-5-2-1-3-6-9/h5H,1-4,6-7H2. The molecule has 0 fully saturated rings. The molecule has 0 saturated heterocycles. The molecule has 0 heterocycles. The summed E-state index contributed by atoms with van der Waals surface area (Å²) in [6.45, 7) is 0. The van der Waals surface area contributed by atoms with Gasteiger partial charge in [0.25, 0.3) is 0 Å². The Hall–Kier alpha value is -0.770. The van der Waals surface area contributed by atoms with Crippen LogP contribution in [0.3, 0.4) is 0 Å². The molecule has 1 heteroatoms. The number of hydrogen-bond donors (Lipinski definition) is 0. The molecule has 1 aliphatic carbocycles. The zero-order valence-electron chi connectivity index (χ0n) is 6.27. The van der Waals surface area contributed by atoms with Crippen LogP contribution >= 0.6 is 0 Å². The normalized spacial score (nSPS) is 17.7. The summed E-state index contributed by atoms with van der Waals surface area (Å²) in [5, 5.41) is 8.32. The van der Waals surface area contributed by atoms with Crippen molar-refractivity contribution in [3.8, 4) is 6.07 Å². The van der Waals surface area contributed by atoms with Crippen molar-refractivity contribution in [1.29, 1.82) is 5.26 Å². The topological polar surface area (TPSA) is 23.8 Å². The molecule has 1 aliphatic rings. The van der Waals surface area contributed by atoms with E-state index < -0.39 is 0 Å². The van der Waals surface area contributed by atoms with Gasteiger partial charge in [0.05, 0.1) is 6.07 Å². The second-order valence-electron chi connectivity index (χ2n) is 2.77. The number of nitrogens with zero attached hydrogens (tertiary/aromatic N) is 1. The molecule has 0 aromatic heterocycles. The highest BCUT2D eigenvalue weighted by molar-refractivity contribution is 5.05. The Morgan fingerprint density at radius 3 is 3.00 bits per heavy atom. The summed E-state index contributed by atoms with van der Waals surface area (Å²) in [4.78, 5) is 0. The van der Waals surface area contributed by atoms with Crippen LogP contribution in [0.5, 0.6) is 0 Å². The lowest BCUT2D eigenvalue weighted by Crippen LogP contribution is -1.90. The first-order valence-corrected chi connectivity index (χ1v) is 3.98. The van der Waals surface area contributed by atoms with Gasteiger partial charge in [-0.15, -0.1) is 0 Å². The molecule has 0 spiro atoms. The summed E-state index contributed by atoms with van der Waals surface area (Å²) >= 11 is 0. The molecule has 1 rings (SSSR count). The third-order valence-corrected chi connectivity index (χ3v) is 1.94. The minimum absolute atomic E-state index is 0.700. The molecule has 1 nitrogen and oxygen atoms in total. The summed E-state index contributed by atoms with van der Waals surface area (Å²) in [6.07, 6.45) is 9.17. The van der Waals surface area contributed by atoms with Gasteiger partial charge in [0, 0.05) is 6.42 Å². The minimum atomic E-state index is 0.700. The zero-order chi connectivity index (χ0) is 7.23. The van der Waals surface area contributed by atoms with Gasteiger partial charge in [0.15, 0.2) is 0 Å². The summed E-state index contributed by atoms with van der Waals surface area (Å²) in [5.74, 6) is 0. The third-order valence-electron chi connectivity index (χ3n) is 1.94. The number of nitriles is 1. The fourth-order valence-electron chi connectivity index (χ4n) is 1.35. The SMILES string of the molecule is N#CCCC1=CCCCC1. The van der Waals surface area contributed by atoms with Gasteiger partial charge in [-0.05, 0) is 32.1 Å². The Morgan fingerprint density at radius 1 is 1.50 bits per heavy atom. The Bertz CT molecular complexity index is 162. The molecular formula is C9H13N. The van der Waals surface area contributed by atoms with Crippen LogP contribution in [0, 0.1) is 11.3 Å². The Labute approximate surface area is 62.4 Å². The van der Waals surface area contributed by atoms with Crippen molar-refractivity contribution in [1.82, 2.24) is 0 Å². The number of hydrogen-bond acceptors (Lipinski definition) is 1. The Kier molecular flexibility index (Phi) is 3.02. The van der Waals surface area contributed by atoms with Gasteiger partial charge in [-0.2, -0.15) is 5.26 Å². The predicted octanol–water partition coefficient (Wildman–Crippen LogP) is 2.79. The van der Waals surface area contributed by atoms with Gasteiger partial charge in [-0.1, -0.05) is 11.6 Å². The van der Waals surface area contributed by atoms with Crippen LogP contribution in [0.2, 0.25) is 0 Å². The van der Waals surface area contributed by atoms with Crippen molar-refractivity contribution in [2.75, 3.05) is 0 Å². The second kappa shape index (κ2) is 4.11. The van der Waals surface area contributed by atoms with Crippen LogP contribution in [0.25, 0.3) is 0 Å². The molecule has 0 unspecified atom stereocenters. The molecule has 54 valence electrons. The maximum absolute atomic E-state index is 8.32. The first-order valence-electron chi connectivity index (χ1n) is 3.98. The van der Waals surface area contributed by atoms with E-state index in [1.807, 2.05) is 0 Å². The van der Waals surface area contributed by atoms with Crippen molar-refractivity contribution in [3.63, 3.8) is 0 Å². The summed E-state index contributed by atoms with van der Waals surface area (Å²) < 4.78 is 0. The van der Waals surface area contributed by atoms with Crippen LogP contribution in [0.4, 0.5) is 0 Å². The third kappa shape index (κ3) is 2.23. The molecule has 0 aromatic rings. The lowest BCUT2D eigenvalue weighted by molar-refractivity contribution is 0.677. The minimum Gasteiger partial charge on any atom is -0.198 e. The highest BCUT2D eigenvalue weighted by Gasteiger charge is 2.01. The van der Waals surface area contributed by atoms with Crippen LogP contribution in [0.1, 0.15) is 38.5 Å². The summed E-state index contributed by atoms with van der Waals surface area (Å²) in [7, 11) is 0. The van der Waals surface area contributed by atoms with Crippen LogP contribution < -0.4 is 0 Å². The van der Waals surface area contributed by atoms with Gasteiger partial charge in [0.1, 0.15) is 0 Å². The monoisotopic (exact) mass is 135 g/mol. The van der Waals surface area contributed by atoms with E-state index in [0.29, 0.717) is 6.42 Å². The van der Waals surface area contributed by atoms with Gasteiger partial charge in [-0.3, -0.25) is 0 Å². The van der Waals surface area contributed by atoms with Crippen molar-refractivity contribution in [3.05, 3.63) is 11.6 Å². The first-order chi connectivity index (χ1) is 4.93. The largest absolute Gasteiger partial charge is 0.198 e. The fourth-order valence-corrected chi connectivity index (χ4v) is 1.35. The van der Waals surface area contributed by atoms with Gasteiger partial charge < -0.3 is 0 Å². The molecule has 0 aromatic carbocycles. The summed E-state index contributed by atoms with van der Waals surface area (Å²) in [6, 6.07) is 2.17. The molecule has 0 saturated carbocycles. The van der Waals surface area contributed by atoms with Crippen molar-refractivity contribution >= 4 is 0 Å². The average Bonchev–Trinajstić information content (AvgIpc) is 2.03. The Morgan fingerprint density at radius 2 is 2.40 bits per heavy atom. The van der Waals surface area contributed by atoms with Crippen molar-refractivity contribution in [2.24, 2.45) is 0 Å². The van der Waals surface area contributed by atoms with E-state index >= 15 is 0 Å².